The minimum Gasteiger partial charge on any atom is -0.0620 e. The summed E-state index contributed by atoms with van der Waals surface area (Å²) in [6, 6.07) is 7.93. The van der Waals surface area contributed by atoms with E-state index < -0.39 is 7.88 Å². The maximum absolute atomic E-state index is 12.6. The van der Waals surface area contributed by atoms with Crippen molar-refractivity contribution in [1.29, 1.82) is 0 Å². The molecule has 0 saturated heterocycles. The Labute approximate surface area is 59.5 Å². The van der Waals surface area contributed by atoms with Crippen LogP contribution in [-0.2, 0) is 0 Å². The molecule has 1 rings (SSSR count). The molecule has 0 spiro atoms. The number of hydrogen-bond acceptors (Lipinski definition) is 0. The van der Waals surface area contributed by atoms with Gasteiger partial charge in [0.15, 0.2) is 5.30 Å². The Morgan fingerprint density at radius 2 is 1.60 bits per heavy atom. The summed E-state index contributed by atoms with van der Waals surface area (Å²) in [5.41, 5.74) is 0. The summed E-state index contributed by atoms with van der Waals surface area (Å²) in [7, 11) is -3.77. The Bertz CT molecular complexity index is 203. The van der Waals surface area contributed by atoms with E-state index in [2.05, 4.69) is 0 Å². The summed E-state index contributed by atoms with van der Waals surface area (Å²) in [6.45, 7) is 1.00. The molecule has 0 nitrogen and oxygen atoms in total. The van der Waals surface area contributed by atoms with Crippen molar-refractivity contribution in [2.45, 2.75) is 0 Å². The van der Waals surface area contributed by atoms with Crippen molar-refractivity contribution in [3.63, 3.8) is 0 Å². The minimum atomic E-state index is -3.77. The molecule has 3 heteroatoms. The van der Waals surface area contributed by atoms with Crippen LogP contribution in [0.15, 0.2) is 30.3 Å². The van der Waals surface area contributed by atoms with E-state index in [1.54, 1.807) is 18.2 Å². The average molecular weight is 161 g/mol. The largest absolute Gasteiger partial charge is 0.417 e. The van der Waals surface area contributed by atoms with E-state index in [0.29, 0.717) is 0 Å². The first-order chi connectivity index (χ1) is 4.61. The molecular formula is C7H8F2P+. The zero-order valence-electron chi connectivity index (χ0n) is 5.59. The highest BCUT2D eigenvalue weighted by Crippen LogP contribution is 2.57. The standard InChI is InChI=1S/C7H8F2P/c1-10(8,9)7-5-3-2-4-6-7/h2-6H,1H3/q+1. The lowest BCUT2D eigenvalue weighted by Gasteiger charge is -1.96. The van der Waals surface area contributed by atoms with Gasteiger partial charge in [0.1, 0.15) is 6.66 Å². The van der Waals surface area contributed by atoms with Gasteiger partial charge >= 0.3 is 7.88 Å². The highest BCUT2D eigenvalue weighted by atomic mass is 31.2. The third-order valence-electron chi connectivity index (χ3n) is 1.21. The fourth-order valence-electron chi connectivity index (χ4n) is 0.690. The van der Waals surface area contributed by atoms with E-state index in [9.17, 15) is 8.39 Å². The third kappa shape index (κ3) is 1.74. The van der Waals surface area contributed by atoms with Gasteiger partial charge in [-0.3, -0.25) is 0 Å². The normalized spacial score (nSPS) is 11.5. The number of benzene rings is 1. The van der Waals surface area contributed by atoms with Gasteiger partial charge < -0.3 is 0 Å². The summed E-state index contributed by atoms with van der Waals surface area (Å²) < 4.78 is 25.1. The molecule has 0 aromatic heterocycles. The van der Waals surface area contributed by atoms with E-state index in [-0.39, 0.29) is 5.30 Å². The SMILES string of the molecule is C[P+](F)(F)c1ccccc1. The predicted octanol–water partition coefficient (Wildman–Crippen LogP) is 2.73. The average Bonchev–Trinajstić information content (AvgIpc) is 1.88. The molecule has 0 unspecified atom stereocenters. The zero-order valence-corrected chi connectivity index (χ0v) is 6.48. The van der Waals surface area contributed by atoms with Gasteiger partial charge in [0.05, 0.1) is 0 Å². The van der Waals surface area contributed by atoms with Crippen molar-refractivity contribution < 1.29 is 8.39 Å². The molecule has 0 atom stereocenters. The molecule has 0 aliphatic heterocycles. The highest BCUT2D eigenvalue weighted by molar-refractivity contribution is 7.72. The quantitative estimate of drug-likeness (QED) is 0.555. The molecule has 0 N–H and O–H groups in total. The van der Waals surface area contributed by atoms with Crippen LogP contribution in [0.2, 0.25) is 0 Å². The van der Waals surface area contributed by atoms with Gasteiger partial charge in [-0.05, 0) is 20.5 Å². The van der Waals surface area contributed by atoms with E-state index >= 15 is 0 Å². The van der Waals surface area contributed by atoms with Crippen LogP contribution in [0.5, 0.6) is 0 Å². The van der Waals surface area contributed by atoms with Crippen LogP contribution in [0.3, 0.4) is 0 Å². The minimum absolute atomic E-state index is 0.176. The van der Waals surface area contributed by atoms with Crippen LogP contribution in [0.4, 0.5) is 8.39 Å². The highest BCUT2D eigenvalue weighted by Gasteiger charge is 2.36. The fourth-order valence-corrected chi connectivity index (χ4v) is 1.39. The van der Waals surface area contributed by atoms with Gasteiger partial charge in [0.2, 0.25) is 0 Å². The van der Waals surface area contributed by atoms with E-state index in [1.165, 1.54) is 12.1 Å². The first-order valence-corrected chi connectivity index (χ1v) is 4.94. The van der Waals surface area contributed by atoms with Crippen LogP contribution >= 0.6 is 7.88 Å². The first kappa shape index (κ1) is 7.62. The first-order valence-electron chi connectivity index (χ1n) is 2.92. The monoisotopic (exact) mass is 161 g/mol. The Morgan fingerprint density at radius 1 is 1.10 bits per heavy atom. The van der Waals surface area contributed by atoms with Crippen LogP contribution < -0.4 is 5.30 Å². The molecule has 1 aromatic rings. The molecule has 0 heterocycles. The summed E-state index contributed by atoms with van der Waals surface area (Å²) in [6.07, 6.45) is 0. The summed E-state index contributed by atoms with van der Waals surface area (Å²) in [5, 5.41) is 0.176. The van der Waals surface area contributed by atoms with Crippen LogP contribution in [0, 0.1) is 0 Å². The number of hydrogen-bond donors (Lipinski definition) is 0. The second kappa shape index (κ2) is 2.63. The van der Waals surface area contributed by atoms with Gasteiger partial charge in [-0.15, -0.1) is 0 Å². The predicted molar refractivity (Wildman–Crippen MR) is 41.1 cm³/mol. The van der Waals surface area contributed by atoms with Gasteiger partial charge in [-0.2, -0.15) is 0 Å². The van der Waals surface area contributed by atoms with Crippen molar-refractivity contribution in [2.24, 2.45) is 0 Å². The van der Waals surface area contributed by atoms with Gasteiger partial charge in [0, 0.05) is 0 Å². The second-order valence-electron chi connectivity index (χ2n) is 2.13. The Balaban J connectivity index is 2.97. The van der Waals surface area contributed by atoms with Crippen molar-refractivity contribution in [3.8, 4) is 0 Å². The maximum atomic E-state index is 12.6. The summed E-state index contributed by atoms with van der Waals surface area (Å²) >= 11 is 0. The second-order valence-corrected chi connectivity index (χ2v) is 4.24. The molecule has 0 saturated carbocycles. The Hall–Kier alpha value is -0.490. The van der Waals surface area contributed by atoms with Crippen molar-refractivity contribution >= 4 is 13.2 Å². The lowest BCUT2D eigenvalue weighted by molar-refractivity contribution is 0.734. The lowest BCUT2D eigenvalue weighted by atomic mass is 10.4. The van der Waals surface area contributed by atoms with E-state index in [4.69, 9.17) is 0 Å². The molecular weight excluding hydrogens is 153 g/mol. The molecule has 54 valence electrons. The molecule has 0 amide bonds. The molecule has 10 heavy (non-hydrogen) atoms. The van der Waals surface area contributed by atoms with Gasteiger partial charge in [-0.25, -0.2) is 0 Å². The van der Waals surface area contributed by atoms with Crippen LogP contribution in [-0.4, -0.2) is 6.66 Å². The molecule has 0 radical (unpaired) electrons. The smallest absolute Gasteiger partial charge is 0.0620 e. The van der Waals surface area contributed by atoms with Gasteiger partial charge in [0.25, 0.3) is 0 Å². The molecule has 1 aromatic carbocycles. The summed E-state index contributed by atoms with van der Waals surface area (Å²) in [5.74, 6) is 0. The van der Waals surface area contributed by atoms with E-state index in [1.807, 2.05) is 0 Å². The topological polar surface area (TPSA) is 0 Å². The fraction of sp³-hybridized carbons (Fsp3) is 0.143. The Kier molecular flexibility index (Phi) is 2.00. The van der Waals surface area contributed by atoms with Crippen LogP contribution in [0.1, 0.15) is 0 Å². The third-order valence-corrected chi connectivity index (χ3v) is 2.41. The lowest BCUT2D eigenvalue weighted by Crippen LogP contribution is -2.00. The number of rotatable bonds is 1. The molecule has 0 fully saturated rings. The van der Waals surface area contributed by atoms with Crippen molar-refractivity contribution in [2.75, 3.05) is 6.66 Å². The Morgan fingerprint density at radius 3 is 1.90 bits per heavy atom. The molecule has 0 aliphatic carbocycles. The maximum Gasteiger partial charge on any atom is 0.417 e. The summed E-state index contributed by atoms with van der Waals surface area (Å²) in [4.78, 5) is 0. The number of halogens is 2. The van der Waals surface area contributed by atoms with Gasteiger partial charge in [-0.1, -0.05) is 18.2 Å². The van der Waals surface area contributed by atoms with Crippen molar-refractivity contribution in [1.82, 2.24) is 0 Å². The van der Waals surface area contributed by atoms with Crippen LogP contribution in [0.25, 0.3) is 0 Å². The molecule has 0 bridgehead atoms. The zero-order chi connectivity index (χ0) is 7.61. The van der Waals surface area contributed by atoms with Crippen molar-refractivity contribution in [3.05, 3.63) is 30.3 Å². The van der Waals surface area contributed by atoms with E-state index in [0.717, 1.165) is 6.66 Å². The molecule has 0 aliphatic rings.